The van der Waals surface area contributed by atoms with Gasteiger partial charge in [0, 0.05) is 0 Å². The second-order valence-electron chi connectivity index (χ2n) is 2.84. The Labute approximate surface area is 87.6 Å². The lowest BCUT2D eigenvalue weighted by atomic mass is 10.1. The quantitative estimate of drug-likeness (QED) is 0.749. The van der Waals surface area contributed by atoms with E-state index in [2.05, 4.69) is 0 Å². The first kappa shape index (κ1) is 10.9. The number of ether oxygens (including phenoxy) is 1. The summed E-state index contributed by atoms with van der Waals surface area (Å²) in [6, 6.07) is 7.38. The van der Waals surface area contributed by atoms with Gasteiger partial charge in [-0.15, -0.1) is 11.8 Å². The van der Waals surface area contributed by atoms with Crippen molar-refractivity contribution < 1.29 is 9.53 Å². The maximum Gasteiger partial charge on any atom is 0.221 e. The van der Waals surface area contributed by atoms with Crippen LogP contribution >= 0.6 is 11.8 Å². The maximum absolute atomic E-state index is 10.6. The van der Waals surface area contributed by atoms with Gasteiger partial charge in [0.1, 0.15) is 11.7 Å². The molecule has 0 bridgehead atoms. The second kappa shape index (κ2) is 5.54. The van der Waals surface area contributed by atoms with E-state index >= 15 is 0 Å². The van der Waals surface area contributed by atoms with Crippen LogP contribution in [0.5, 0.6) is 5.75 Å². The SMILES string of the molecule is CSCOc1ccc(CC(N)=O)cc1. The molecule has 0 heterocycles. The molecule has 0 fully saturated rings. The molecule has 0 aliphatic carbocycles. The lowest BCUT2D eigenvalue weighted by molar-refractivity contribution is -0.117. The molecule has 1 aromatic rings. The van der Waals surface area contributed by atoms with Gasteiger partial charge in [0.15, 0.2) is 0 Å². The van der Waals surface area contributed by atoms with E-state index in [4.69, 9.17) is 10.5 Å². The smallest absolute Gasteiger partial charge is 0.221 e. The van der Waals surface area contributed by atoms with Crippen LogP contribution < -0.4 is 10.5 Å². The molecule has 3 nitrogen and oxygen atoms in total. The van der Waals surface area contributed by atoms with Crippen molar-refractivity contribution in [1.82, 2.24) is 0 Å². The van der Waals surface area contributed by atoms with Gasteiger partial charge in [-0.1, -0.05) is 12.1 Å². The highest BCUT2D eigenvalue weighted by atomic mass is 32.2. The zero-order chi connectivity index (χ0) is 10.4. The van der Waals surface area contributed by atoms with Crippen molar-refractivity contribution in [3.05, 3.63) is 29.8 Å². The zero-order valence-electron chi connectivity index (χ0n) is 8.03. The van der Waals surface area contributed by atoms with Crippen LogP contribution in [0.15, 0.2) is 24.3 Å². The summed E-state index contributed by atoms with van der Waals surface area (Å²) in [5.41, 5.74) is 5.98. The Kier molecular flexibility index (Phi) is 4.32. The highest BCUT2D eigenvalue weighted by molar-refractivity contribution is 7.98. The third-order valence-electron chi connectivity index (χ3n) is 1.65. The van der Waals surface area contributed by atoms with Crippen molar-refractivity contribution in [2.24, 2.45) is 5.73 Å². The Morgan fingerprint density at radius 2 is 2.07 bits per heavy atom. The van der Waals surface area contributed by atoms with E-state index in [9.17, 15) is 4.79 Å². The summed E-state index contributed by atoms with van der Waals surface area (Å²) in [7, 11) is 0. The normalized spacial score (nSPS) is 9.79. The van der Waals surface area contributed by atoms with Gasteiger partial charge < -0.3 is 10.5 Å². The van der Waals surface area contributed by atoms with E-state index < -0.39 is 0 Å². The Hall–Kier alpha value is -1.16. The Morgan fingerprint density at radius 1 is 1.43 bits per heavy atom. The number of thioether (sulfide) groups is 1. The molecule has 76 valence electrons. The minimum atomic E-state index is -0.317. The van der Waals surface area contributed by atoms with Crippen LogP contribution in [0.4, 0.5) is 0 Å². The van der Waals surface area contributed by atoms with Crippen molar-refractivity contribution in [3.8, 4) is 5.75 Å². The van der Waals surface area contributed by atoms with Gasteiger partial charge in [0.2, 0.25) is 5.91 Å². The van der Waals surface area contributed by atoms with Gasteiger partial charge in [-0.05, 0) is 24.0 Å². The van der Waals surface area contributed by atoms with E-state index in [1.165, 1.54) is 0 Å². The van der Waals surface area contributed by atoms with Crippen LogP contribution in [0, 0.1) is 0 Å². The van der Waals surface area contributed by atoms with Crippen molar-refractivity contribution in [2.75, 3.05) is 12.2 Å². The van der Waals surface area contributed by atoms with Crippen LogP contribution in [0.1, 0.15) is 5.56 Å². The van der Waals surface area contributed by atoms with E-state index in [1.807, 2.05) is 30.5 Å². The van der Waals surface area contributed by atoms with Crippen LogP contribution in [0.3, 0.4) is 0 Å². The van der Waals surface area contributed by atoms with Gasteiger partial charge in [-0.25, -0.2) is 0 Å². The molecule has 4 heteroatoms. The molecular formula is C10H13NO2S. The molecule has 0 radical (unpaired) electrons. The molecule has 2 N–H and O–H groups in total. The van der Waals surface area contributed by atoms with Crippen LogP contribution in [-0.2, 0) is 11.2 Å². The molecule has 1 amide bonds. The molecule has 0 saturated heterocycles. The molecule has 0 spiro atoms. The highest BCUT2D eigenvalue weighted by Crippen LogP contribution is 2.13. The maximum atomic E-state index is 10.6. The number of nitrogens with two attached hydrogens (primary N) is 1. The number of carbonyl (C=O) groups excluding carboxylic acids is 1. The number of hydrogen-bond donors (Lipinski definition) is 1. The minimum Gasteiger partial charge on any atom is -0.483 e. The molecule has 0 unspecified atom stereocenters. The number of hydrogen-bond acceptors (Lipinski definition) is 3. The number of primary amides is 1. The number of carbonyl (C=O) groups is 1. The third kappa shape index (κ3) is 3.70. The lowest BCUT2D eigenvalue weighted by Crippen LogP contribution is -2.13. The standard InChI is InChI=1S/C10H13NO2S/c1-14-7-13-9-4-2-8(3-5-9)6-10(11)12/h2-5H,6-7H2,1H3,(H2,11,12). The molecule has 0 aromatic heterocycles. The number of rotatable bonds is 5. The molecule has 0 atom stereocenters. The Bertz CT molecular complexity index is 297. The molecule has 0 saturated carbocycles. The summed E-state index contributed by atoms with van der Waals surface area (Å²) in [6.45, 7) is 0. The largest absolute Gasteiger partial charge is 0.483 e. The molecule has 1 aromatic carbocycles. The first-order valence-electron chi connectivity index (χ1n) is 4.21. The van der Waals surface area contributed by atoms with Crippen molar-refractivity contribution in [1.29, 1.82) is 0 Å². The van der Waals surface area contributed by atoms with E-state index in [-0.39, 0.29) is 12.3 Å². The Balaban J connectivity index is 2.54. The summed E-state index contributed by atoms with van der Waals surface area (Å²) >= 11 is 1.61. The first-order chi connectivity index (χ1) is 6.72. The number of benzene rings is 1. The monoisotopic (exact) mass is 211 g/mol. The van der Waals surface area contributed by atoms with Crippen LogP contribution in [-0.4, -0.2) is 18.1 Å². The van der Waals surface area contributed by atoms with Gasteiger partial charge >= 0.3 is 0 Å². The van der Waals surface area contributed by atoms with Crippen LogP contribution in [0.25, 0.3) is 0 Å². The summed E-state index contributed by atoms with van der Waals surface area (Å²) in [5.74, 6) is 1.13. The topological polar surface area (TPSA) is 52.3 Å². The predicted octanol–water partition coefficient (Wildman–Crippen LogP) is 1.41. The second-order valence-corrected chi connectivity index (χ2v) is 3.65. The molecule has 0 aliphatic heterocycles. The minimum absolute atomic E-state index is 0.281. The first-order valence-corrected chi connectivity index (χ1v) is 5.60. The van der Waals surface area contributed by atoms with E-state index in [0.717, 1.165) is 11.3 Å². The molecule has 14 heavy (non-hydrogen) atoms. The van der Waals surface area contributed by atoms with Gasteiger partial charge in [-0.2, -0.15) is 0 Å². The van der Waals surface area contributed by atoms with Crippen molar-refractivity contribution in [3.63, 3.8) is 0 Å². The summed E-state index contributed by atoms with van der Waals surface area (Å²) in [4.78, 5) is 10.6. The zero-order valence-corrected chi connectivity index (χ0v) is 8.84. The third-order valence-corrected chi connectivity index (χ3v) is 2.00. The molecule has 1 rings (SSSR count). The fourth-order valence-corrected chi connectivity index (χ4v) is 1.29. The van der Waals surface area contributed by atoms with Gasteiger partial charge in [0.05, 0.1) is 6.42 Å². The van der Waals surface area contributed by atoms with Gasteiger partial charge in [-0.3, -0.25) is 4.79 Å². The Morgan fingerprint density at radius 3 is 2.57 bits per heavy atom. The summed E-state index contributed by atoms with van der Waals surface area (Å²) in [5, 5.41) is 0. The summed E-state index contributed by atoms with van der Waals surface area (Å²) in [6.07, 6.45) is 2.25. The fraction of sp³-hybridized carbons (Fsp3) is 0.300. The average Bonchev–Trinajstić information content (AvgIpc) is 2.16. The average molecular weight is 211 g/mol. The summed E-state index contributed by atoms with van der Waals surface area (Å²) < 4.78 is 5.36. The van der Waals surface area contributed by atoms with E-state index in [0.29, 0.717) is 5.94 Å². The molecule has 0 aliphatic rings. The highest BCUT2D eigenvalue weighted by Gasteiger charge is 1.98. The fourth-order valence-electron chi connectivity index (χ4n) is 1.03. The number of amides is 1. The van der Waals surface area contributed by atoms with Crippen molar-refractivity contribution >= 4 is 17.7 Å². The van der Waals surface area contributed by atoms with Crippen molar-refractivity contribution in [2.45, 2.75) is 6.42 Å². The predicted molar refractivity (Wildman–Crippen MR) is 58.4 cm³/mol. The van der Waals surface area contributed by atoms with Gasteiger partial charge in [0.25, 0.3) is 0 Å². The molecular weight excluding hydrogens is 198 g/mol. The lowest BCUT2D eigenvalue weighted by Gasteiger charge is -2.04. The van der Waals surface area contributed by atoms with Crippen LogP contribution in [0.2, 0.25) is 0 Å². The van der Waals surface area contributed by atoms with E-state index in [1.54, 1.807) is 11.8 Å².